The van der Waals surface area contributed by atoms with Crippen molar-refractivity contribution in [1.82, 2.24) is 9.13 Å². The molecule has 0 spiro atoms. The van der Waals surface area contributed by atoms with Gasteiger partial charge in [0.25, 0.3) is 0 Å². The predicted molar refractivity (Wildman–Crippen MR) is 423 cm³/mol. The SMILES string of the molecule is c1ccc(-c2ccc(N(c3ccc(-c4ccc(-n5c6ccccc6c6ccccc65)cc4)cc3)c3ccc(-c4cccc(-c5ccc(N(c6ccccc6)c6ccc(-c7ccc(-n8c9ccc(-c%10ccccc%10)cc9c9cc(-c%10ccccc%10)ccc98)cc7)cc6)cc5)c4)cc3)cc2)cc1. The molecule has 0 amide bonds. The Bertz CT molecular complexity index is 5780. The molecule has 0 N–H and O–H groups in total. The van der Waals surface area contributed by atoms with Gasteiger partial charge in [-0.3, -0.25) is 0 Å². The number of benzene rings is 16. The molecule has 2 aromatic heterocycles. The lowest BCUT2D eigenvalue weighted by atomic mass is 9.98. The maximum Gasteiger partial charge on any atom is 0.0541 e. The fourth-order valence-electron chi connectivity index (χ4n) is 14.7. The van der Waals surface area contributed by atoms with Gasteiger partial charge in [0.05, 0.1) is 22.1 Å². The Morgan fingerprint density at radius 1 is 0.140 bits per heavy atom. The van der Waals surface area contributed by atoms with Crippen molar-refractivity contribution in [3.8, 4) is 89.3 Å². The summed E-state index contributed by atoms with van der Waals surface area (Å²) in [5.74, 6) is 0. The Morgan fingerprint density at radius 3 is 0.700 bits per heavy atom. The minimum absolute atomic E-state index is 1.07. The topological polar surface area (TPSA) is 16.3 Å². The van der Waals surface area contributed by atoms with E-state index < -0.39 is 0 Å². The molecule has 0 saturated carbocycles. The van der Waals surface area contributed by atoms with Gasteiger partial charge in [-0.05, 0) is 217 Å². The molecule has 0 radical (unpaired) electrons. The maximum atomic E-state index is 2.41. The zero-order valence-electron chi connectivity index (χ0n) is 54.9. The number of rotatable bonds is 15. The number of nitrogens with zero attached hydrogens (tertiary/aromatic N) is 4. The molecule has 0 saturated heterocycles. The van der Waals surface area contributed by atoms with Crippen LogP contribution in [0.5, 0.6) is 0 Å². The number of hydrogen-bond acceptors (Lipinski definition) is 2. The van der Waals surface area contributed by atoms with Crippen LogP contribution >= 0.6 is 0 Å². The fraction of sp³-hybridized carbons (Fsp3) is 0. The van der Waals surface area contributed by atoms with Gasteiger partial charge in [0.1, 0.15) is 0 Å². The van der Waals surface area contributed by atoms with Crippen LogP contribution in [0.15, 0.2) is 400 Å². The molecular formula is C96H66N4. The second-order valence-corrected chi connectivity index (χ2v) is 25.7. The van der Waals surface area contributed by atoms with Crippen molar-refractivity contribution >= 4 is 77.7 Å². The molecule has 18 rings (SSSR count). The van der Waals surface area contributed by atoms with E-state index in [2.05, 4.69) is 419 Å². The molecule has 4 heteroatoms. The van der Waals surface area contributed by atoms with Crippen LogP contribution in [0.25, 0.3) is 133 Å². The van der Waals surface area contributed by atoms with Crippen LogP contribution in [0.3, 0.4) is 0 Å². The number of hydrogen-bond donors (Lipinski definition) is 0. The lowest BCUT2D eigenvalue weighted by Gasteiger charge is -2.26. The molecule has 0 unspecified atom stereocenters. The Hall–Kier alpha value is -13.3. The summed E-state index contributed by atoms with van der Waals surface area (Å²) in [7, 11) is 0. The van der Waals surface area contributed by atoms with Crippen molar-refractivity contribution in [2.75, 3.05) is 9.80 Å². The lowest BCUT2D eigenvalue weighted by molar-refractivity contribution is 1.18. The molecular weight excluding hydrogens is 1210 g/mol. The van der Waals surface area contributed by atoms with E-state index >= 15 is 0 Å². The van der Waals surface area contributed by atoms with Crippen LogP contribution in [0, 0.1) is 0 Å². The highest BCUT2D eigenvalue weighted by Crippen LogP contribution is 2.43. The highest BCUT2D eigenvalue weighted by Gasteiger charge is 2.20. The highest BCUT2D eigenvalue weighted by atomic mass is 15.1. The summed E-state index contributed by atoms with van der Waals surface area (Å²) in [4.78, 5) is 4.69. The quantitative estimate of drug-likeness (QED) is 0.102. The molecule has 0 fully saturated rings. The first-order valence-electron chi connectivity index (χ1n) is 34.3. The van der Waals surface area contributed by atoms with Crippen molar-refractivity contribution in [3.63, 3.8) is 0 Å². The number of fused-ring (bicyclic) bond motifs is 6. The van der Waals surface area contributed by atoms with Crippen LogP contribution in [0.2, 0.25) is 0 Å². The molecule has 0 aliphatic rings. The van der Waals surface area contributed by atoms with Gasteiger partial charge < -0.3 is 18.9 Å². The van der Waals surface area contributed by atoms with Gasteiger partial charge in [-0.25, -0.2) is 0 Å². The van der Waals surface area contributed by atoms with Crippen LogP contribution in [0.1, 0.15) is 0 Å². The Balaban J connectivity index is 0.603. The summed E-state index contributed by atoms with van der Waals surface area (Å²) >= 11 is 0. The average Bonchev–Trinajstić information content (AvgIpc) is 1.59. The molecule has 0 bridgehead atoms. The highest BCUT2D eigenvalue weighted by molar-refractivity contribution is 6.12. The molecule has 2 heterocycles. The molecule has 0 aliphatic carbocycles. The predicted octanol–water partition coefficient (Wildman–Crippen LogP) is 26.5. The van der Waals surface area contributed by atoms with Crippen molar-refractivity contribution in [2.45, 2.75) is 0 Å². The van der Waals surface area contributed by atoms with Gasteiger partial charge in [-0.15, -0.1) is 0 Å². The van der Waals surface area contributed by atoms with E-state index in [0.29, 0.717) is 0 Å². The first-order chi connectivity index (χ1) is 49.6. The number of para-hydroxylation sites is 3. The third kappa shape index (κ3) is 11.2. The molecule has 16 aromatic carbocycles. The molecule has 470 valence electrons. The summed E-state index contributed by atoms with van der Waals surface area (Å²) < 4.78 is 4.78. The van der Waals surface area contributed by atoms with Gasteiger partial charge in [-0.2, -0.15) is 0 Å². The lowest BCUT2D eigenvalue weighted by Crippen LogP contribution is -2.09. The summed E-state index contributed by atoms with van der Waals surface area (Å²) in [6.07, 6.45) is 0. The van der Waals surface area contributed by atoms with Crippen LogP contribution in [0.4, 0.5) is 34.1 Å². The van der Waals surface area contributed by atoms with E-state index in [1.165, 1.54) is 82.6 Å². The standard InChI is InChI=1S/C96H66N4/c1-5-18-67(19-6-1)70-32-48-84(49-33-70)98(85-52-36-72(37-53-85)73-38-58-87(59-39-73)99-93-30-15-13-28-89(93)90-29-14-16-31-94(90)99)86-56-44-76(45-57-86)78-25-17-24-77(64-78)75-42-54-83(55-43-75)97(81-26-11-4-12-27-81)82-50-34-71(35-51-82)74-40-60-88(61-41-74)100-95-62-46-79(68-20-7-2-8-21-68)65-91(95)92-66-80(47-63-96(92)100)69-22-9-3-10-23-69/h1-66H. The van der Waals surface area contributed by atoms with Gasteiger partial charge >= 0.3 is 0 Å². The van der Waals surface area contributed by atoms with Gasteiger partial charge in [-0.1, -0.05) is 261 Å². The molecule has 18 aromatic rings. The first kappa shape index (κ1) is 59.2. The minimum atomic E-state index is 1.07. The van der Waals surface area contributed by atoms with Crippen molar-refractivity contribution in [2.24, 2.45) is 0 Å². The van der Waals surface area contributed by atoms with E-state index in [0.717, 1.165) is 84.4 Å². The second-order valence-electron chi connectivity index (χ2n) is 25.7. The smallest absolute Gasteiger partial charge is 0.0541 e. The molecule has 4 nitrogen and oxygen atoms in total. The Kier molecular flexibility index (Phi) is 15.2. The van der Waals surface area contributed by atoms with E-state index in [1.54, 1.807) is 0 Å². The maximum absolute atomic E-state index is 2.41. The number of aromatic nitrogens is 2. The Labute approximate surface area is 582 Å². The van der Waals surface area contributed by atoms with Crippen molar-refractivity contribution in [1.29, 1.82) is 0 Å². The van der Waals surface area contributed by atoms with Crippen LogP contribution in [-0.4, -0.2) is 9.13 Å². The van der Waals surface area contributed by atoms with E-state index in [4.69, 9.17) is 0 Å². The first-order valence-corrected chi connectivity index (χ1v) is 34.3. The normalized spacial score (nSPS) is 11.4. The molecule has 0 aliphatic heterocycles. The second kappa shape index (κ2) is 25.7. The van der Waals surface area contributed by atoms with Crippen molar-refractivity contribution < 1.29 is 0 Å². The molecule has 0 atom stereocenters. The zero-order valence-corrected chi connectivity index (χ0v) is 54.9. The van der Waals surface area contributed by atoms with E-state index in [-0.39, 0.29) is 0 Å². The Morgan fingerprint density at radius 2 is 0.360 bits per heavy atom. The average molecular weight is 1280 g/mol. The van der Waals surface area contributed by atoms with Crippen molar-refractivity contribution in [3.05, 3.63) is 400 Å². The van der Waals surface area contributed by atoms with Crippen LogP contribution in [-0.2, 0) is 0 Å². The van der Waals surface area contributed by atoms with Gasteiger partial charge in [0.15, 0.2) is 0 Å². The van der Waals surface area contributed by atoms with Crippen LogP contribution < -0.4 is 9.80 Å². The van der Waals surface area contributed by atoms with Gasteiger partial charge in [0.2, 0.25) is 0 Å². The fourth-order valence-corrected chi connectivity index (χ4v) is 14.7. The monoisotopic (exact) mass is 1270 g/mol. The molecule has 100 heavy (non-hydrogen) atoms. The summed E-state index contributed by atoms with van der Waals surface area (Å²) in [6.45, 7) is 0. The summed E-state index contributed by atoms with van der Waals surface area (Å²) in [5.41, 5.74) is 30.0. The van der Waals surface area contributed by atoms with E-state index in [1.807, 2.05) is 0 Å². The summed E-state index contributed by atoms with van der Waals surface area (Å²) in [6, 6.07) is 146. The van der Waals surface area contributed by atoms with E-state index in [9.17, 15) is 0 Å². The van der Waals surface area contributed by atoms with Gasteiger partial charge in [0, 0.05) is 67.0 Å². The minimum Gasteiger partial charge on any atom is -0.311 e. The third-order valence-corrected chi connectivity index (χ3v) is 19.8. The number of anilines is 6. The third-order valence-electron chi connectivity index (χ3n) is 19.8. The zero-order chi connectivity index (χ0) is 66.3. The summed E-state index contributed by atoms with van der Waals surface area (Å²) in [5, 5.41) is 4.99. The largest absolute Gasteiger partial charge is 0.311 e.